The highest BCUT2D eigenvalue weighted by Crippen LogP contribution is 2.44. The van der Waals surface area contributed by atoms with Crippen LogP contribution in [0.15, 0.2) is 54.7 Å². The number of rotatable bonds is 3. The lowest BCUT2D eigenvalue weighted by molar-refractivity contribution is -0.884. The molecule has 146 valence electrons. The second-order valence-corrected chi connectivity index (χ2v) is 7.79. The number of amides is 2. The molecule has 0 spiro atoms. The molecule has 3 aliphatic heterocycles. The summed E-state index contributed by atoms with van der Waals surface area (Å²) < 4.78 is 5.17. The van der Waals surface area contributed by atoms with Gasteiger partial charge in [0.05, 0.1) is 19.0 Å². The molecule has 2 aromatic carbocycles. The van der Waals surface area contributed by atoms with Gasteiger partial charge < -0.3 is 4.74 Å². The smallest absolute Gasteiger partial charge is 0.244 e. The molecule has 2 saturated heterocycles. The molecule has 5 rings (SSSR count). The van der Waals surface area contributed by atoms with Gasteiger partial charge in [0, 0.05) is 12.5 Å². The van der Waals surface area contributed by atoms with Crippen LogP contribution in [-0.2, 0) is 14.4 Å². The minimum atomic E-state index is -0.655. The Morgan fingerprint density at radius 3 is 2.38 bits per heavy atom. The predicted molar refractivity (Wildman–Crippen MR) is 106 cm³/mol. The fourth-order valence-corrected chi connectivity index (χ4v) is 5.21. The first-order valence-electron chi connectivity index (χ1n) is 9.69. The minimum absolute atomic E-state index is 0.0701. The molecule has 2 aromatic rings. The van der Waals surface area contributed by atoms with Crippen LogP contribution in [-0.4, -0.2) is 30.7 Å². The van der Waals surface area contributed by atoms with E-state index in [1.54, 1.807) is 31.4 Å². The second-order valence-electron chi connectivity index (χ2n) is 7.79. The first-order chi connectivity index (χ1) is 14.0. The van der Waals surface area contributed by atoms with Crippen molar-refractivity contribution in [2.75, 3.05) is 12.0 Å². The number of hydrogen-bond donors (Lipinski definition) is 1. The molecule has 1 N–H and O–H groups in total. The molecule has 0 aromatic heterocycles. The molecule has 1 unspecified atom stereocenters. The molecule has 2 fully saturated rings. The van der Waals surface area contributed by atoms with Gasteiger partial charge >= 0.3 is 0 Å². The number of nitrogens with zero attached hydrogens (tertiary/aromatic N) is 1. The van der Waals surface area contributed by atoms with E-state index in [1.807, 2.05) is 36.5 Å². The van der Waals surface area contributed by atoms with Gasteiger partial charge in [-0.25, -0.2) is 4.90 Å². The maximum Gasteiger partial charge on any atom is 0.244 e. The molecule has 0 bridgehead atoms. The Morgan fingerprint density at radius 1 is 1.00 bits per heavy atom. The van der Waals surface area contributed by atoms with E-state index in [-0.39, 0.29) is 23.6 Å². The van der Waals surface area contributed by atoms with E-state index in [9.17, 15) is 14.4 Å². The molecule has 6 heteroatoms. The van der Waals surface area contributed by atoms with E-state index in [2.05, 4.69) is 0 Å². The van der Waals surface area contributed by atoms with Gasteiger partial charge in [0.25, 0.3) is 0 Å². The predicted octanol–water partition coefficient (Wildman–Crippen LogP) is 1.38. The number of ether oxygens (including phenoxy) is 1. The zero-order valence-electron chi connectivity index (χ0n) is 16.2. The van der Waals surface area contributed by atoms with Gasteiger partial charge in [-0.2, -0.15) is 0 Å². The van der Waals surface area contributed by atoms with E-state index in [4.69, 9.17) is 4.74 Å². The van der Waals surface area contributed by atoms with Crippen molar-refractivity contribution < 1.29 is 24.0 Å². The van der Waals surface area contributed by atoms with Crippen molar-refractivity contribution in [3.8, 4) is 5.75 Å². The summed E-state index contributed by atoms with van der Waals surface area (Å²) >= 11 is 0. The summed E-state index contributed by atoms with van der Waals surface area (Å²) in [6, 6.07) is 13.9. The van der Waals surface area contributed by atoms with Crippen LogP contribution in [0.3, 0.4) is 0 Å². The molecular formula is C23H21N2O4+. The summed E-state index contributed by atoms with van der Waals surface area (Å²) in [5.41, 5.74) is 2.56. The van der Waals surface area contributed by atoms with Crippen molar-refractivity contribution in [1.82, 2.24) is 0 Å². The number of Topliss-reactive ketones (excluding diaryl/α,β-unsaturated/α-hetero) is 1. The van der Waals surface area contributed by atoms with Crippen LogP contribution >= 0.6 is 0 Å². The third-order valence-corrected chi connectivity index (χ3v) is 6.39. The summed E-state index contributed by atoms with van der Waals surface area (Å²) in [6.45, 7) is 1.51. The molecule has 0 saturated carbocycles. The Bertz CT molecular complexity index is 1060. The lowest BCUT2D eigenvalue weighted by atomic mass is 9.84. The van der Waals surface area contributed by atoms with Crippen molar-refractivity contribution in [2.24, 2.45) is 11.8 Å². The minimum Gasteiger partial charge on any atom is -0.497 e. The number of ketones is 1. The van der Waals surface area contributed by atoms with E-state index in [0.29, 0.717) is 11.4 Å². The van der Waals surface area contributed by atoms with Gasteiger partial charge in [-0.3, -0.25) is 19.3 Å². The highest BCUT2D eigenvalue weighted by Gasteiger charge is 2.67. The SMILES string of the molecule is COc1ccc(N2C(=O)[C@@H]3[C@H](C2=O)[C@H]2c4ccccc4C=C[NH+]2[C@@H]3C(C)=O)cc1. The third-order valence-electron chi connectivity index (χ3n) is 6.39. The normalized spacial score (nSPS) is 29.4. The Hall–Kier alpha value is -3.25. The van der Waals surface area contributed by atoms with Crippen molar-refractivity contribution in [3.63, 3.8) is 0 Å². The molecule has 6 nitrogen and oxygen atoms in total. The Balaban J connectivity index is 1.62. The standard InChI is InChI=1S/C23H20N2O4/c1-13(26)20-18-19(21-17-6-4-3-5-14(17)11-12-24(20)21)23(28)25(22(18)27)15-7-9-16(29-2)10-8-15/h3-12,18-21H,1-2H3/p+1/t18-,19+,20-,21-/m1/s1. The molecule has 3 heterocycles. The summed E-state index contributed by atoms with van der Waals surface area (Å²) in [4.78, 5) is 41.6. The van der Waals surface area contributed by atoms with Crippen molar-refractivity contribution >= 4 is 29.4 Å². The summed E-state index contributed by atoms with van der Waals surface area (Å²) in [7, 11) is 1.56. The third kappa shape index (κ3) is 2.42. The van der Waals surface area contributed by atoms with Gasteiger partial charge in [0.1, 0.15) is 23.6 Å². The van der Waals surface area contributed by atoms with Crippen LogP contribution in [0, 0.1) is 11.8 Å². The first-order valence-corrected chi connectivity index (χ1v) is 9.69. The highest BCUT2D eigenvalue weighted by atomic mass is 16.5. The van der Waals surface area contributed by atoms with Crippen LogP contribution in [0.1, 0.15) is 24.1 Å². The Morgan fingerprint density at radius 2 is 1.69 bits per heavy atom. The summed E-state index contributed by atoms with van der Waals surface area (Å²) in [5.74, 6) is -1.16. The number of nitrogens with one attached hydrogen (secondary N) is 1. The van der Waals surface area contributed by atoms with Gasteiger partial charge in [-0.15, -0.1) is 0 Å². The molecular weight excluding hydrogens is 368 g/mol. The first kappa shape index (κ1) is 17.8. The largest absolute Gasteiger partial charge is 0.497 e. The number of hydrogen-bond acceptors (Lipinski definition) is 4. The maximum absolute atomic E-state index is 13.5. The van der Waals surface area contributed by atoms with E-state index >= 15 is 0 Å². The van der Waals surface area contributed by atoms with Gasteiger partial charge in [-0.05, 0) is 35.9 Å². The molecule has 5 atom stereocenters. The van der Waals surface area contributed by atoms with E-state index in [1.165, 1.54) is 11.8 Å². The number of fused-ring (bicyclic) bond motifs is 5. The number of carbonyl (C=O) groups is 3. The fraction of sp³-hybridized carbons (Fsp3) is 0.261. The Labute approximate surface area is 168 Å². The van der Waals surface area contributed by atoms with Crippen LogP contribution in [0.4, 0.5) is 5.69 Å². The van der Waals surface area contributed by atoms with Gasteiger partial charge in [0.15, 0.2) is 11.8 Å². The lowest BCUT2D eigenvalue weighted by Gasteiger charge is -2.30. The number of imide groups is 1. The molecule has 29 heavy (non-hydrogen) atoms. The number of carbonyl (C=O) groups excluding carboxylic acids is 3. The zero-order chi connectivity index (χ0) is 20.3. The van der Waals surface area contributed by atoms with Crippen LogP contribution in [0.25, 0.3) is 6.08 Å². The number of anilines is 1. The van der Waals surface area contributed by atoms with Crippen LogP contribution in [0.5, 0.6) is 5.75 Å². The fourth-order valence-electron chi connectivity index (χ4n) is 5.21. The summed E-state index contributed by atoms with van der Waals surface area (Å²) in [5, 5.41) is 0. The summed E-state index contributed by atoms with van der Waals surface area (Å²) in [6.07, 6.45) is 3.92. The van der Waals surface area contributed by atoms with Crippen molar-refractivity contribution in [3.05, 3.63) is 65.9 Å². The average molecular weight is 389 g/mol. The second kappa shape index (κ2) is 6.39. The monoisotopic (exact) mass is 389 g/mol. The number of quaternary nitrogens is 1. The van der Waals surface area contributed by atoms with E-state index < -0.39 is 17.9 Å². The highest BCUT2D eigenvalue weighted by molar-refractivity contribution is 6.23. The Kier molecular flexibility index (Phi) is 3.93. The van der Waals surface area contributed by atoms with E-state index in [0.717, 1.165) is 16.0 Å². The molecule has 2 amide bonds. The topological polar surface area (TPSA) is 68.1 Å². The van der Waals surface area contributed by atoms with Crippen molar-refractivity contribution in [1.29, 1.82) is 0 Å². The van der Waals surface area contributed by atoms with Gasteiger partial charge in [0.2, 0.25) is 11.8 Å². The molecule has 0 aliphatic carbocycles. The number of methoxy groups -OCH3 is 1. The number of benzene rings is 2. The van der Waals surface area contributed by atoms with Crippen LogP contribution in [0.2, 0.25) is 0 Å². The zero-order valence-corrected chi connectivity index (χ0v) is 16.2. The van der Waals surface area contributed by atoms with Gasteiger partial charge in [-0.1, -0.05) is 24.3 Å². The lowest BCUT2D eigenvalue weighted by Crippen LogP contribution is -3.12. The molecule has 3 aliphatic rings. The van der Waals surface area contributed by atoms with Crippen molar-refractivity contribution in [2.45, 2.75) is 19.0 Å². The average Bonchev–Trinajstić information content (AvgIpc) is 3.21. The maximum atomic E-state index is 13.5. The molecule has 0 radical (unpaired) electrons. The quantitative estimate of drug-likeness (QED) is 0.806. The van der Waals surface area contributed by atoms with Crippen LogP contribution < -0.4 is 14.5 Å².